The number of nitrogens with zero attached hydrogens (tertiary/aromatic N) is 1. The minimum absolute atomic E-state index is 0.930. The van der Waals surface area contributed by atoms with Crippen molar-refractivity contribution in [2.24, 2.45) is 10.4 Å². The summed E-state index contributed by atoms with van der Waals surface area (Å²) in [5, 5.41) is 8.81. The Morgan fingerprint density at radius 3 is 2.00 bits per heavy atom. The van der Waals surface area contributed by atoms with Gasteiger partial charge < -0.3 is 5.11 Å². The second-order valence-electron chi connectivity index (χ2n) is 3.69. The lowest BCUT2D eigenvalue weighted by Crippen LogP contribution is -2.43. The zero-order valence-corrected chi connectivity index (χ0v) is 7.71. The zero-order valence-electron chi connectivity index (χ0n) is 7.71. The van der Waals surface area contributed by atoms with E-state index in [4.69, 9.17) is 5.11 Å². The first kappa shape index (κ1) is 10.8. The molecule has 0 amide bonds. The van der Waals surface area contributed by atoms with Crippen LogP contribution in [0.4, 0.5) is 0 Å². The molecule has 0 radical (unpaired) electrons. The van der Waals surface area contributed by atoms with E-state index in [1.165, 1.54) is 19.9 Å². The van der Waals surface area contributed by atoms with Crippen LogP contribution in [0.5, 0.6) is 0 Å². The van der Waals surface area contributed by atoms with E-state index in [1.807, 2.05) is 0 Å². The maximum absolute atomic E-state index is 10.8. The first-order chi connectivity index (χ1) is 5.25. The second kappa shape index (κ2) is 3.07. The first-order valence-electron chi connectivity index (χ1n) is 3.58. The molecule has 0 spiro atoms. The Balaban J connectivity index is 5.00. The van der Waals surface area contributed by atoms with E-state index in [1.54, 1.807) is 13.8 Å². The van der Waals surface area contributed by atoms with Crippen LogP contribution in [0.1, 0.15) is 27.7 Å². The van der Waals surface area contributed by atoms with Crippen LogP contribution in [0.25, 0.3) is 0 Å². The van der Waals surface area contributed by atoms with Crippen LogP contribution >= 0.6 is 0 Å². The molecule has 4 nitrogen and oxygen atoms in total. The van der Waals surface area contributed by atoms with Gasteiger partial charge in [0.1, 0.15) is 0 Å². The normalized spacial score (nSPS) is 12.0. The zero-order chi connectivity index (χ0) is 9.99. The van der Waals surface area contributed by atoms with Crippen molar-refractivity contribution in [3.05, 3.63) is 0 Å². The molecule has 0 saturated heterocycles. The maximum atomic E-state index is 10.8. The second-order valence-corrected chi connectivity index (χ2v) is 3.69. The molecule has 0 aliphatic heterocycles. The molecular formula is C8H13NO3. The average molecular weight is 171 g/mol. The lowest BCUT2D eigenvalue weighted by Gasteiger charge is -2.32. The van der Waals surface area contributed by atoms with Gasteiger partial charge in [0.25, 0.3) is 0 Å². The molecule has 0 aromatic rings. The van der Waals surface area contributed by atoms with Gasteiger partial charge in [0.15, 0.2) is 0 Å². The summed E-state index contributed by atoms with van der Waals surface area (Å²) in [6.45, 7) is 6.23. The van der Waals surface area contributed by atoms with Crippen molar-refractivity contribution in [3.63, 3.8) is 0 Å². The quantitative estimate of drug-likeness (QED) is 0.512. The molecule has 0 fully saturated rings. The molecule has 0 unspecified atom stereocenters. The van der Waals surface area contributed by atoms with Gasteiger partial charge in [0.2, 0.25) is 6.08 Å². The molecule has 0 bridgehead atoms. The summed E-state index contributed by atoms with van der Waals surface area (Å²) in [5.74, 6) is -0.980. The standard InChI is InChI=1S/C8H13NO3/c1-7(2,6(11)12)8(3,4)9-5-10/h1-4H3,(H,11,12). The van der Waals surface area contributed by atoms with E-state index < -0.39 is 16.9 Å². The molecule has 68 valence electrons. The highest BCUT2D eigenvalue weighted by Crippen LogP contribution is 2.33. The molecular weight excluding hydrogens is 158 g/mol. The summed E-state index contributed by atoms with van der Waals surface area (Å²) in [6.07, 6.45) is 1.38. The Kier molecular flexibility index (Phi) is 2.78. The summed E-state index contributed by atoms with van der Waals surface area (Å²) < 4.78 is 0. The predicted octanol–water partition coefficient (Wildman–Crippen LogP) is 1.21. The third-order valence-electron chi connectivity index (χ3n) is 2.39. The van der Waals surface area contributed by atoms with E-state index in [9.17, 15) is 9.59 Å². The lowest BCUT2D eigenvalue weighted by atomic mass is 9.75. The number of carbonyl (C=O) groups is 1. The molecule has 1 N–H and O–H groups in total. The van der Waals surface area contributed by atoms with Crippen LogP contribution < -0.4 is 0 Å². The van der Waals surface area contributed by atoms with Gasteiger partial charge in [0.05, 0.1) is 11.0 Å². The van der Waals surface area contributed by atoms with Crippen LogP contribution in [-0.2, 0) is 9.59 Å². The van der Waals surface area contributed by atoms with Gasteiger partial charge in [-0.2, -0.15) is 4.99 Å². The number of rotatable bonds is 3. The van der Waals surface area contributed by atoms with Crippen LogP contribution in [0.2, 0.25) is 0 Å². The fourth-order valence-electron chi connectivity index (χ4n) is 0.516. The predicted molar refractivity (Wildman–Crippen MR) is 43.6 cm³/mol. The number of carbonyl (C=O) groups excluding carboxylic acids is 1. The van der Waals surface area contributed by atoms with Crippen molar-refractivity contribution in [3.8, 4) is 0 Å². The van der Waals surface area contributed by atoms with Gasteiger partial charge in [-0.15, -0.1) is 0 Å². The van der Waals surface area contributed by atoms with Gasteiger partial charge in [0, 0.05) is 0 Å². The SMILES string of the molecule is CC(C)(N=C=O)C(C)(C)C(=O)O. The molecule has 0 rings (SSSR count). The number of carboxylic acid groups (broad SMARTS) is 1. The summed E-state index contributed by atoms with van der Waals surface area (Å²) in [7, 11) is 0. The smallest absolute Gasteiger partial charge is 0.311 e. The van der Waals surface area contributed by atoms with Gasteiger partial charge in [-0.1, -0.05) is 0 Å². The summed E-state index contributed by atoms with van der Waals surface area (Å²) >= 11 is 0. The highest BCUT2D eigenvalue weighted by Gasteiger charge is 2.43. The van der Waals surface area contributed by atoms with Crippen molar-refractivity contribution in [1.82, 2.24) is 0 Å². The van der Waals surface area contributed by atoms with E-state index in [2.05, 4.69) is 4.99 Å². The third-order valence-corrected chi connectivity index (χ3v) is 2.39. The Morgan fingerprint density at radius 2 is 1.75 bits per heavy atom. The van der Waals surface area contributed by atoms with E-state index in [0.717, 1.165) is 0 Å². The minimum atomic E-state index is -1.07. The Labute approximate surface area is 71.3 Å². The van der Waals surface area contributed by atoms with E-state index in [-0.39, 0.29) is 0 Å². The molecule has 0 saturated carbocycles. The largest absolute Gasteiger partial charge is 0.481 e. The summed E-state index contributed by atoms with van der Waals surface area (Å²) in [4.78, 5) is 24.2. The third kappa shape index (κ3) is 1.71. The fraction of sp³-hybridized carbons (Fsp3) is 0.750. The Morgan fingerprint density at radius 1 is 1.33 bits per heavy atom. The number of hydrogen-bond donors (Lipinski definition) is 1. The van der Waals surface area contributed by atoms with Crippen LogP contribution in [0.3, 0.4) is 0 Å². The van der Waals surface area contributed by atoms with E-state index in [0.29, 0.717) is 0 Å². The average Bonchev–Trinajstić information content (AvgIpc) is 1.86. The van der Waals surface area contributed by atoms with Gasteiger partial charge in [-0.3, -0.25) is 4.79 Å². The molecule has 0 heterocycles. The first-order valence-corrected chi connectivity index (χ1v) is 3.58. The van der Waals surface area contributed by atoms with Crippen molar-refractivity contribution >= 4 is 12.0 Å². The lowest BCUT2D eigenvalue weighted by molar-refractivity contribution is -0.150. The van der Waals surface area contributed by atoms with Crippen molar-refractivity contribution in [2.45, 2.75) is 33.2 Å². The Hall–Kier alpha value is -1.15. The highest BCUT2D eigenvalue weighted by atomic mass is 16.4. The highest BCUT2D eigenvalue weighted by molar-refractivity contribution is 5.75. The molecule has 0 aliphatic rings. The monoisotopic (exact) mass is 171 g/mol. The summed E-state index contributed by atoms with van der Waals surface area (Å²) in [6, 6.07) is 0. The molecule has 0 aliphatic carbocycles. The minimum Gasteiger partial charge on any atom is -0.481 e. The number of hydrogen-bond acceptors (Lipinski definition) is 3. The molecule has 0 aromatic heterocycles. The number of isocyanates is 1. The van der Waals surface area contributed by atoms with Gasteiger partial charge >= 0.3 is 5.97 Å². The maximum Gasteiger partial charge on any atom is 0.311 e. The Bertz CT molecular complexity index is 225. The van der Waals surface area contributed by atoms with Crippen molar-refractivity contribution < 1.29 is 14.7 Å². The number of carboxylic acids is 1. The topological polar surface area (TPSA) is 66.7 Å². The number of aliphatic carboxylic acids is 1. The molecule has 12 heavy (non-hydrogen) atoms. The molecule has 4 heteroatoms. The molecule has 0 atom stereocenters. The number of aliphatic imine (C=N–C) groups is 1. The fourth-order valence-corrected chi connectivity index (χ4v) is 0.516. The summed E-state index contributed by atoms with van der Waals surface area (Å²) in [5.41, 5.74) is -2.00. The van der Waals surface area contributed by atoms with Crippen LogP contribution in [0, 0.1) is 5.41 Å². The van der Waals surface area contributed by atoms with Gasteiger partial charge in [-0.05, 0) is 27.7 Å². The van der Waals surface area contributed by atoms with Crippen molar-refractivity contribution in [2.75, 3.05) is 0 Å². The van der Waals surface area contributed by atoms with Crippen molar-refractivity contribution in [1.29, 1.82) is 0 Å². The van der Waals surface area contributed by atoms with E-state index >= 15 is 0 Å². The van der Waals surface area contributed by atoms with Crippen LogP contribution in [0.15, 0.2) is 4.99 Å². The van der Waals surface area contributed by atoms with Gasteiger partial charge in [-0.25, -0.2) is 4.79 Å². The van der Waals surface area contributed by atoms with Crippen LogP contribution in [-0.4, -0.2) is 22.7 Å². The molecule has 0 aromatic carbocycles.